The second-order valence-electron chi connectivity index (χ2n) is 4.44. The topological polar surface area (TPSA) is 54.9 Å². The molecule has 0 unspecified atom stereocenters. The van der Waals surface area contributed by atoms with Gasteiger partial charge in [0, 0.05) is 5.56 Å². The van der Waals surface area contributed by atoms with Crippen LogP contribution in [0.1, 0.15) is 5.56 Å². The molecule has 2 aromatic carbocycles. The third-order valence-corrected chi connectivity index (χ3v) is 3.05. The third kappa shape index (κ3) is 5.17. The Morgan fingerprint density at radius 3 is 2.50 bits per heavy atom. The molecule has 0 atom stereocenters. The highest BCUT2D eigenvalue weighted by molar-refractivity contribution is 7.80. The van der Waals surface area contributed by atoms with Gasteiger partial charge in [-0.05, 0) is 36.5 Å². The van der Waals surface area contributed by atoms with Crippen molar-refractivity contribution >= 4 is 29.2 Å². The summed E-state index contributed by atoms with van der Waals surface area (Å²) in [5, 5.41) is 7.07. The van der Waals surface area contributed by atoms with E-state index in [1.807, 2.05) is 12.1 Å². The number of methoxy groups -OCH3 is 1. The first kappa shape index (κ1) is 17.6. The van der Waals surface area contributed by atoms with Gasteiger partial charge in [0.2, 0.25) is 0 Å². The minimum atomic E-state index is -2.90. The number of hydrazone groups is 1. The van der Waals surface area contributed by atoms with Crippen LogP contribution in [-0.4, -0.2) is 25.0 Å². The number of alkyl halides is 2. The van der Waals surface area contributed by atoms with E-state index in [2.05, 4.69) is 20.6 Å². The fraction of sp³-hybridized carbons (Fsp3) is 0.125. The van der Waals surface area contributed by atoms with E-state index in [0.29, 0.717) is 17.0 Å². The van der Waals surface area contributed by atoms with Gasteiger partial charge in [0.25, 0.3) is 0 Å². The zero-order valence-electron chi connectivity index (χ0n) is 12.7. The van der Waals surface area contributed by atoms with Gasteiger partial charge in [-0.1, -0.05) is 24.3 Å². The summed E-state index contributed by atoms with van der Waals surface area (Å²) in [5.74, 6) is 0.656. The maximum atomic E-state index is 12.3. The predicted molar refractivity (Wildman–Crippen MR) is 93.0 cm³/mol. The highest BCUT2D eigenvalue weighted by Crippen LogP contribution is 2.22. The fourth-order valence-corrected chi connectivity index (χ4v) is 2.01. The van der Waals surface area contributed by atoms with Crippen LogP contribution in [0.4, 0.5) is 14.5 Å². The van der Waals surface area contributed by atoms with Gasteiger partial charge in [-0.15, -0.1) is 0 Å². The third-order valence-electron chi connectivity index (χ3n) is 2.86. The summed E-state index contributed by atoms with van der Waals surface area (Å²) >= 11 is 5.12. The molecule has 0 aliphatic carbocycles. The molecule has 24 heavy (non-hydrogen) atoms. The molecule has 0 saturated heterocycles. The van der Waals surface area contributed by atoms with Crippen molar-refractivity contribution < 1.29 is 18.3 Å². The van der Waals surface area contributed by atoms with Crippen molar-refractivity contribution in [3.8, 4) is 11.5 Å². The molecule has 8 heteroatoms. The maximum absolute atomic E-state index is 12.3. The summed E-state index contributed by atoms with van der Waals surface area (Å²) in [4.78, 5) is 0. The molecule has 0 aliphatic rings. The van der Waals surface area contributed by atoms with Gasteiger partial charge < -0.3 is 14.8 Å². The van der Waals surface area contributed by atoms with E-state index in [0.717, 1.165) is 0 Å². The number of hydrogen-bond donors (Lipinski definition) is 2. The number of nitrogens with one attached hydrogen (secondary N) is 2. The number of benzene rings is 2. The van der Waals surface area contributed by atoms with Crippen molar-refractivity contribution in [1.82, 2.24) is 5.43 Å². The first-order valence-corrected chi connectivity index (χ1v) is 7.28. The van der Waals surface area contributed by atoms with Crippen molar-refractivity contribution in [3.63, 3.8) is 0 Å². The normalized spacial score (nSPS) is 10.7. The molecule has 0 aromatic heterocycles. The van der Waals surface area contributed by atoms with Crippen LogP contribution in [0.15, 0.2) is 53.6 Å². The number of para-hydroxylation sites is 3. The zero-order valence-corrected chi connectivity index (χ0v) is 13.5. The van der Waals surface area contributed by atoms with Crippen LogP contribution in [0.2, 0.25) is 0 Å². The van der Waals surface area contributed by atoms with Crippen LogP contribution in [0.3, 0.4) is 0 Å². The Bertz CT molecular complexity index is 726. The molecule has 2 aromatic rings. The quantitative estimate of drug-likeness (QED) is 0.473. The summed E-state index contributed by atoms with van der Waals surface area (Å²) in [6, 6.07) is 13.5. The maximum Gasteiger partial charge on any atom is 0.387 e. The van der Waals surface area contributed by atoms with E-state index in [-0.39, 0.29) is 10.9 Å². The van der Waals surface area contributed by atoms with Crippen LogP contribution < -0.4 is 20.2 Å². The standard InChI is InChI=1S/C16H15F2N3O2S/c1-22-14-9-5-3-7-12(14)20-16(24)21-19-10-11-6-2-4-8-13(11)23-15(17)18/h2-10,15H,1H3,(H2,20,21,24). The molecule has 0 bridgehead atoms. The SMILES string of the molecule is COc1ccccc1NC(=S)NN=Cc1ccccc1OC(F)F. The number of ether oxygens (including phenoxy) is 2. The molecular weight excluding hydrogens is 336 g/mol. The Morgan fingerprint density at radius 2 is 1.79 bits per heavy atom. The van der Waals surface area contributed by atoms with Crippen LogP contribution in [-0.2, 0) is 0 Å². The van der Waals surface area contributed by atoms with Gasteiger partial charge in [0.15, 0.2) is 5.11 Å². The number of rotatable bonds is 6. The molecule has 0 amide bonds. The summed E-state index contributed by atoms with van der Waals surface area (Å²) in [6.07, 6.45) is 1.34. The minimum Gasteiger partial charge on any atom is -0.495 e. The average Bonchev–Trinajstić information content (AvgIpc) is 2.56. The van der Waals surface area contributed by atoms with Crippen LogP contribution in [0.5, 0.6) is 11.5 Å². The number of halogens is 2. The van der Waals surface area contributed by atoms with Crippen LogP contribution in [0.25, 0.3) is 0 Å². The number of anilines is 1. The number of thiocarbonyl (C=S) groups is 1. The van der Waals surface area contributed by atoms with Crippen molar-refractivity contribution in [1.29, 1.82) is 0 Å². The lowest BCUT2D eigenvalue weighted by atomic mass is 10.2. The molecule has 0 saturated carbocycles. The molecule has 126 valence electrons. The fourth-order valence-electron chi connectivity index (χ4n) is 1.85. The van der Waals surface area contributed by atoms with Crippen molar-refractivity contribution in [2.45, 2.75) is 6.61 Å². The van der Waals surface area contributed by atoms with Crippen molar-refractivity contribution in [2.75, 3.05) is 12.4 Å². The van der Waals surface area contributed by atoms with Crippen molar-refractivity contribution in [2.24, 2.45) is 5.10 Å². The van der Waals surface area contributed by atoms with Crippen molar-refractivity contribution in [3.05, 3.63) is 54.1 Å². The second kappa shape index (κ2) is 8.78. The first-order chi connectivity index (χ1) is 11.6. The molecule has 0 radical (unpaired) electrons. The Hall–Kier alpha value is -2.74. The van der Waals surface area contributed by atoms with Gasteiger partial charge in [-0.25, -0.2) is 0 Å². The van der Waals surface area contributed by atoms with Crippen LogP contribution >= 0.6 is 12.2 Å². The minimum absolute atomic E-state index is 0.0293. The van der Waals surface area contributed by atoms with Gasteiger partial charge >= 0.3 is 6.61 Å². The Kier molecular flexibility index (Phi) is 6.44. The highest BCUT2D eigenvalue weighted by Gasteiger charge is 2.07. The molecular formula is C16H15F2N3O2S. The van der Waals surface area contributed by atoms with E-state index in [4.69, 9.17) is 17.0 Å². The Balaban J connectivity index is 1.98. The lowest BCUT2D eigenvalue weighted by molar-refractivity contribution is -0.0499. The van der Waals surface area contributed by atoms with Crippen LogP contribution in [0, 0.1) is 0 Å². The smallest absolute Gasteiger partial charge is 0.387 e. The molecule has 0 spiro atoms. The highest BCUT2D eigenvalue weighted by atomic mass is 32.1. The molecule has 0 aliphatic heterocycles. The predicted octanol–water partition coefficient (Wildman–Crippen LogP) is 3.62. The molecule has 2 rings (SSSR count). The number of hydrogen-bond acceptors (Lipinski definition) is 4. The Labute approximate surface area is 143 Å². The summed E-state index contributed by atoms with van der Waals surface area (Å²) in [6.45, 7) is -2.90. The first-order valence-electron chi connectivity index (χ1n) is 6.87. The molecule has 0 fully saturated rings. The summed E-state index contributed by atoms with van der Waals surface area (Å²) in [7, 11) is 1.55. The second-order valence-corrected chi connectivity index (χ2v) is 4.85. The molecule has 0 heterocycles. The average molecular weight is 351 g/mol. The lowest BCUT2D eigenvalue weighted by Crippen LogP contribution is -2.24. The number of nitrogens with zero attached hydrogens (tertiary/aromatic N) is 1. The van der Waals surface area contributed by atoms with Gasteiger partial charge in [0.1, 0.15) is 11.5 Å². The van der Waals surface area contributed by atoms with E-state index in [9.17, 15) is 8.78 Å². The lowest BCUT2D eigenvalue weighted by Gasteiger charge is -2.11. The largest absolute Gasteiger partial charge is 0.495 e. The molecule has 5 nitrogen and oxygen atoms in total. The molecule has 2 N–H and O–H groups in total. The Morgan fingerprint density at radius 1 is 1.12 bits per heavy atom. The summed E-state index contributed by atoms with van der Waals surface area (Å²) in [5.41, 5.74) is 3.67. The van der Waals surface area contributed by atoms with Gasteiger partial charge in [-0.3, -0.25) is 5.43 Å². The van der Waals surface area contributed by atoms with E-state index >= 15 is 0 Å². The zero-order chi connectivity index (χ0) is 17.4. The summed E-state index contributed by atoms with van der Waals surface area (Å²) < 4.78 is 34.3. The van der Waals surface area contributed by atoms with Gasteiger partial charge in [-0.2, -0.15) is 13.9 Å². The monoisotopic (exact) mass is 351 g/mol. The van der Waals surface area contributed by atoms with E-state index in [1.54, 1.807) is 37.4 Å². The van der Waals surface area contributed by atoms with Gasteiger partial charge in [0.05, 0.1) is 19.0 Å². The van der Waals surface area contributed by atoms with E-state index in [1.165, 1.54) is 12.3 Å². The van der Waals surface area contributed by atoms with E-state index < -0.39 is 6.61 Å².